The molecule has 0 aliphatic heterocycles. The van der Waals surface area contributed by atoms with Crippen LogP contribution in [0.4, 0.5) is 0 Å². The minimum Gasteiger partial charge on any atom is -0.347 e. The second kappa shape index (κ2) is 5.95. The molecule has 0 spiro atoms. The normalized spacial score (nSPS) is 10.9. The van der Waals surface area contributed by atoms with E-state index in [0.29, 0.717) is 12.3 Å². The largest absolute Gasteiger partial charge is 0.347 e. The van der Waals surface area contributed by atoms with Gasteiger partial charge in [0.1, 0.15) is 0 Å². The van der Waals surface area contributed by atoms with Crippen LogP contribution >= 0.6 is 0 Å². The zero-order valence-electron chi connectivity index (χ0n) is 12.7. The molecule has 3 rings (SSSR count). The predicted molar refractivity (Wildman–Crippen MR) is 81.1 cm³/mol. The molecule has 0 saturated heterocycles. The number of hydrogen-bond acceptors (Lipinski definition) is 6. The lowest BCUT2D eigenvalue weighted by Crippen LogP contribution is -2.31. The van der Waals surface area contributed by atoms with Gasteiger partial charge >= 0.3 is 0 Å². The molecule has 0 aromatic carbocycles. The van der Waals surface area contributed by atoms with Crippen molar-refractivity contribution in [3.8, 4) is 0 Å². The lowest BCUT2D eigenvalue weighted by molar-refractivity contribution is 0.0942. The molecule has 0 atom stereocenters. The second-order valence-electron chi connectivity index (χ2n) is 5.05. The van der Waals surface area contributed by atoms with E-state index in [1.807, 2.05) is 19.9 Å². The number of aryl methyl sites for hydroxylation is 2. The van der Waals surface area contributed by atoms with Gasteiger partial charge in [-0.05, 0) is 19.9 Å². The number of amides is 1. The molecule has 0 radical (unpaired) electrons. The van der Waals surface area contributed by atoms with Crippen molar-refractivity contribution in [2.75, 3.05) is 6.54 Å². The topological polar surface area (TPSA) is 107 Å². The zero-order valence-corrected chi connectivity index (χ0v) is 12.7. The summed E-state index contributed by atoms with van der Waals surface area (Å²) >= 11 is 0. The molecule has 9 heteroatoms. The number of carbonyl (C=O) groups excluding carboxylic acids is 1. The number of aromatic nitrogens is 6. The Morgan fingerprint density at radius 1 is 1.30 bits per heavy atom. The number of nitrogens with zero attached hydrogens (tertiary/aromatic N) is 6. The maximum atomic E-state index is 12.1. The van der Waals surface area contributed by atoms with E-state index in [9.17, 15) is 9.59 Å². The molecule has 0 saturated carbocycles. The minimum absolute atomic E-state index is 0.0460. The minimum atomic E-state index is -0.413. The molecule has 9 nitrogen and oxygen atoms in total. The van der Waals surface area contributed by atoms with E-state index in [1.54, 1.807) is 0 Å². The Hall–Kier alpha value is -3.10. The molecule has 3 heterocycles. The summed E-state index contributed by atoms with van der Waals surface area (Å²) in [4.78, 5) is 35.9. The van der Waals surface area contributed by atoms with Crippen LogP contribution < -0.4 is 10.9 Å². The zero-order chi connectivity index (χ0) is 16.4. The molecule has 3 aromatic heterocycles. The van der Waals surface area contributed by atoms with E-state index in [4.69, 9.17) is 0 Å². The highest BCUT2D eigenvalue weighted by molar-refractivity contribution is 5.90. The summed E-state index contributed by atoms with van der Waals surface area (Å²) in [5.41, 5.74) is 1.49. The average molecular weight is 313 g/mol. The second-order valence-corrected chi connectivity index (χ2v) is 5.05. The van der Waals surface area contributed by atoms with Crippen molar-refractivity contribution in [2.45, 2.75) is 20.4 Å². The lowest BCUT2D eigenvalue weighted by atomic mass is 10.4. The van der Waals surface area contributed by atoms with Crippen molar-refractivity contribution in [2.24, 2.45) is 0 Å². The SMILES string of the molecule is Cc1cc(C)n2nc(C(=O)NCCn3cnccc3=O)nc2n1. The molecule has 3 aromatic rings. The fourth-order valence-electron chi connectivity index (χ4n) is 2.18. The molecule has 0 fully saturated rings. The Bertz CT molecular complexity index is 928. The maximum Gasteiger partial charge on any atom is 0.291 e. The van der Waals surface area contributed by atoms with Crippen LogP contribution in [0.2, 0.25) is 0 Å². The van der Waals surface area contributed by atoms with Crippen LogP contribution in [0.25, 0.3) is 5.78 Å². The Labute approximate surface area is 131 Å². The van der Waals surface area contributed by atoms with Crippen LogP contribution in [-0.2, 0) is 6.54 Å². The molecular weight excluding hydrogens is 298 g/mol. The van der Waals surface area contributed by atoms with Gasteiger partial charge in [-0.1, -0.05) is 0 Å². The van der Waals surface area contributed by atoms with E-state index < -0.39 is 5.91 Å². The first kappa shape index (κ1) is 14.8. The van der Waals surface area contributed by atoms with Crippen LogP contribution in [0.1, 0.15) is 22.0 Å². The molecule has 23 heavy (non-hydrogen) atoms. The van der Waals surface area contributed by atoms with Gasteiger partial charge in [0.25, 0.3) is 17.2 Å². The smallest absolute Gasteiger partial charge is 0.291 e. The van der Waals surface area contributed by atoms with Crippen molar-refractivity contribution in [3.05, 3.63) is 52.2 Å². The Morgan fingerprint density at radius 2 is 2.13 bits per heavy atom. The van der Waals surface area contributed by atoms with E-state index in [-0.39, 0.29) is 17.9 Å². The summed E-state index contributed by atoms with van der Waals surface area (Å²) in [6.45, 7) is 4.31. The Balaban J connectivity index is 1.70. The van der Waals surface area contributed by atoms with Crippen molar-refractivity contribution in [3.63, 3.8) is 0 Å². The number of fused-ring (bicyclic) bond motifs is 1. The molecule has 1 amide bonds. The first-order chi connectivity index (χ1) is 11.0. The van der Waals surface area contributed by atoms with Crippen molar-refractivity contribution in [1.82, 2.24) is 34.4 Å². The van der Waals surface area contributed by atoms with Gasteiger partial charge in [-0.3, -0.25) is 14.2 Å². The number of rotatable bonds is 4. The van der Waals surface area contributed by atoms with Crippen LogP contribution in [-0.4, -0.2) is 41.6 Å². The Morgan fingerprint density at radius 3 is 2.91 bits per heavy atom. The third-order valence-electron chi connectivity index (χ3n) is 3.25. The third-order valence-corrected chi connectivity index (χ3v) is 3.25. The lowest BCUT2D eigenvalue weighted by Gasteiger charge is -2.04. The quantitative estimate of drug-likeness (QED) is 0.710. The highest BCUT2D eigenvalue weighted by Gasteiger charge is 2.14. The summed E-state index contributed by atoms with van der Waals surface area (Å²) < 4.78 is 2.93. The van der Waals surface area contributed by atoms with Crippen LogP contribution in [0.15, 0.2) is 29.5 Å². The van der Waals surface area contributed by atoms with Crippen molar-refractivity contribution >= 4 is 11.7 Å². The molecule has 0 aliphatic carbocycles. The van der Waals surface area contributed by atoms with E-state index in [0.717, 1.165) is 11.4 Å². The van der Waals surface area contributed by atoms with Gasteiger partial charge < -0.3 is 5.32 Å². The van der Waals surface area contributed by atoms with Gasteiger partial charge in [-0.15, -0.1) is 5.10 Å². The highest BCUT2D eigenvalue weighted by atomic mass is 16.2. The van der Waals surface area contributed by atoms with Crippen LogP contribution in [0, 0.1) is 13.8 Å². The molecular formula is C14H15N7O2. The highest BCUT2D eigenvalue weighted by Crippen LogP contribution is 2.05. The molecule has 0 bridgehead atoms. The molecule has 0 unspecified atom stereocenters. The monoisotopic (exact) mass is 313 g/mol. The van der Waals surface area contributed by atoms with Gasteiger partial charge in [0.05, 0.1) is 6.33 Å². The third kappa shape index (κ3) is 3.07. The molecule has 0 aliphatic rings. The molecule has 118 valence electrons. The first-order valence-corrected chi connectivity index (χ1v) is 7.04. The van der Waals surface area contributed by atoms with Gasteiger partial charge in [0.15, 0.2) is 0 Å². The number of hydrogen-bond donors (Lipinski definition) is 1. The fourth-order valence-corrected chi connectivity index (χ4v) is 2.18. The number of nitrogens with one attached hydrogen (secondary N) is 1. The van der Waals surface area contributed by atoms with E-state index >= 15 is 0 Å². The number of carbonyl (C=O) groups is 1. The van der Waals surface area contributed by atoms with E-state index in [2.05, 4.69) is 25.4 Å². The Kier molecular flexibility index (Phi) is 3.83. The van der Waals surface area contributed by atoms with Gasteiger partial charge in [0, 0.05) is 36.7 Å². The summed E-state index contributed by atoms with van der Waals surface area (Å²) in [7, 11) is 0. The summed E-state index contributed by atoms with van der Waals surface area (Å²) in [6, 6.07) is 3.22. The van der Waals surface area contributed by atoms with Crippen LogP contribution in [0.5, 0.6) is 0 Å². The first-order valence-electron chi connectivity index (χ1n) is 7.04. The standard InChI is InChI=1S/C14H15N7O2/c1-9-7-10(2)21-14(17-9)18-12(19-21)13(23)16-5-6-20-8-15-4-3-11(20)22/h3-4,7-8H,5-6H2,1-2H3,(H,16,23). The maximum absolute atomic E-state index is 12.1. The average Bonchev–Trinajstić information content (AvgIpc) is 2.93. The molecule has 1 N–H and O–H groups in total. The van der Waals surface area contributed by atoms with Crippen LogP contribution in [0.3, 0.4) is 0 Å². The van der Waals surface area contributed by atoms with Crippen molar-refractivity contribution in [1.29, 1.82) is 0 Å². The summed E-state index contributed by atoms with van der Waals surface area (Å²) in [6.07, 6.45) is 2.85. The van der Waals surface area contributed by atoms with Gasteiger partial charge in [0.2, 0.25) is 5.82 Å². The van der Waals surface area contributed by atoms with E-state index in [1.165, 1.54) is 27.7 Å². The van der Waals surface area contributed by atoms with Gasteiger partial charge in [-0.2, -0.15) is 4.98 Å². The summed E-state index contributed by atoms with van der Waals surface area (Å²) in [5.74, 6) is 0.0188. The fraction of sp³-hybridized carbons (Fsp3) is 0.286. The summed E-state index contributed by atoms with van der Waals surface area (Å²) in [5, 5.41) is 6.82. The van der Waals surface area contributed by atoms with Crippen molar-refractivity contribution < 1.29 is 4.79 Å². The predicted octanol–water partition coefficient (Wildman–Crippen LogP) is -0.272. The van der Waals surface area contributed by atoms with Gasteiger partial charge in [-0.25, -0.2) is 14.5 Å².